The fourth-order valence-corrected chi connectivity index (χ4v) is 1.57. The van der Waals surface area contributed by atoms with Crippen LogP contribution in [0.3, 0.4) is 0 Å². The molecule has 0 aliphatic heterocycles. The number of nitrogens with one attached hydrogen (secondary N) is 1. The van der Waals surface area contributed by atoms with Crippen molar-refractivity contribution in [2.45, 2.75) is 19.8 Å². The molecule has 112 valence electrons. The van der Waals surface area contributed by atoms with Crippen molar-refractivity contribution in [1.29, 1.82) is 0 Å². The van der Waals surface area contributed by atoms with E-state index in [4.69, 9.17) is 5.84 Å². The lowest BCUT2D eigenvalue weighted by Crippen LogP contribution is -2.34. The number of hydrogen-bond donors (Lipinski definition) is 2. The molecule has 7 nitrogen and oxygen atoms in total. The van der Waals surface area contributed by atoms with Crippen LogP contribution >= 0.6 is 0 Å². The number of carbonyl (C=O) groups is 1. The highest BCUT2D eigenvalue weighted by molar-refractivity contribution is 5.97. The van der Waals surface area contributed by atoms with Crippen molar-refractivity contribution in [3.63, 3.8) is 0 Å². The standard InChI is InChI=1S/C13H24N6O/c1-9(2)12-15-8-10(17-14)11(16-12)13(20)19(5)7-6-18(3)4/h8-9,17H,6-7,14H2,1-5H3. The van der Waals surface area contributed by atoms with Gasteiger partial charge >= 0.3 is 0 Å². The lowest BCUT2D eigenvalue weighted by atomic mass is 10.2. The molecule has 1 amide bonds. The summed E-state index contributed by atoms with van der Waals surface area (Å²) in [5.41, 5.74) is 3.23. The molecule has 1 aromatic heterocycles. The second kappa shape index (κ2) is 7.16. The van der Waals surface area contributed by atoms with Gasteiger partial charge in [-0.3, -0.25) is 10.6 Å². The Labute approximate surface area is 120 Å². The van der Waals surface area contributed by atoms with E-state index in [1.54, 1.807) is 18.1 Å². The maximum absolute atomic E-state index is 12.4. The monoisotopic (exact) mass is 280 g/mol. The van der Waals surface area contributed by atoms with Gasteiger partial charge in [0.05, 0.1) is 11.9 Å². The van der Waals surface area contributed by atoms with Crippen molar-refractivity contribution in [3.05, 3.63) is 17.7 Å². The van der Waals surface area contributed by atoms with Crippen LogP contribution in [0.15, 0.2) is 6.20 Å². The zero-order valence-corrected chi connectivity index (χ0v) is 12.8. The van der Waals surface area contributed by atoms with Crippen LogP contribution in [0.5, 0.6) is 0 Å². The number of amides is 1. The van der Waals surface area contributed by atoms with E-state index in [2.05, 4.69) is 15.4 Å². The predicted octanol–water partition coefficient (Wildman–Crippen LogP) is 0.519. The van der Waals surface area contributed by atoms with Crippen LogP contribution in [-0.4, -0.2) is 59.9 Å². The molecule has 20 heavy (non-hydrogen) atoms. The van der Waals surface area contributed by atoms with E-state index in [-0.39, 0.29) is 11.8 Å². The Bertz CT molecular complexity index is 460. The third-order valence-electron chi connectivity index (χ3n) is 2.91. The highest BCUT2D eigenvalue weighted by atomic mass is 16.2. The third kappa shape index (κ3) is 4.14. The summed E-state index contributed by atoms with van der Waals surface area (Å²) >= 11 is 0. The van der Waals surface area contributed by atoms with E-state index in [9.17, 15) is 4.79 Å². The number of rotatable bonds is 6. The molecule has 0 bridgehead atoms. The molecule has 1 aromatic rings. The van der Waals surface area contributed by atoms with Gasteiger partial charge in [0, 0.05) is 26.1 Å². The first-order chi connectivity index (χ1) is 9.36. The Morgan fingerprint density at radius 2 is 2.00 bits per heavy atom. The molecule has 0 fully saturated rings. The number of likely N-dealkylation sites (N-methyl/N-ethyl adjacent to an activating group) is 2. The summed E-state index contributed by atoms with van der Waals surface area (Å²) in [5.74, 6) is 6.05. The van der Waals surface area contributed by atoms with Gasteiger partial charge in [-0.05, 0) is 14.1 Å². The van der Waals surface area contributed by atoms with Crippen molar-refractivity contribution in [3.8, 4) is 0 Å². The van der Waals surface area contributed by atoms with Gasteiger partial charge in [0.2, 0.25) is 0 Å². The second-order valence-corrected chi connectivity index (χ2v) is 5.32. The average molecular weight is 280 g/mol. The zero-order valence-electron chi connectivity index (χ0n) is 12.8. The Hall–Kier alpha value is -1.73. The van der Waals surface area contributed by atoms with Crippen LogP contribution in [0, 0.1) is 0 Å². The predicted molar refractivity (Wildman–Crippen MR) is 79.4 cm³/mol. The van der Waals surface area contributed by atoms with Crippen molar-refractivity contribution in [1.82, 2.24) is 19.8 Å². The Morgan fingerprint density at radius 1 is 1.35 bits per heavy atom. The molecular weight excluding hydrogens is 256 g/mol. The molecule has 0 aromatic carbocycles. The topological polar surface area (TPSA) is 87.4 Å². The highest BCUT2D eigenvalue weighted by Crippen LogP contribution is 2.16. The van der Waals surface area contributed by atoms with Gasteiger partial charge in [0.15, 0.2) is 5.69 Å². The summed E-state index contributed by atoms with van der Waals surface area (Å²) in [5, 5.41) is 0. The molecule has 0 atom stereocenters. The summed E-state index contributed by atoms with van der Waals surface area (Å²) in [6.45, 7) is 5.37. The average Bonchev–Trinajstić information content (AvgIpc) is 2.42. The summed E-state index contributed by atoms with van der Waals surface area (Å²) in [4.78, 5) is 24.6. The quantitative estimate of drug-likeness (QED) is 0.583. The first-order valence-electron chi connectivity index (χ1n) is 6.60. The second-order valence-electron chi connectivity index (χ2n) is 5.32. The molecule has 3 N–H and O–H groups in total. The van der Waals surface area contributed by atoms with E-state index in [1.807, 2.05) is 32.8 Å². The number of nitrogen functional groups attached to an aromatic ring is 1. The van der Waals surface area contributed by atoms with Crippen LogP contribution in [0.1, 0.15) is 36.1 Å². The Kier molecular flexibility index (Phi) is 5.84. The van der Waals surface area contributed by atoms with E-state index in [1.165, 1.54) is 0 Å². The fourth-order valence-electron chi connectivity index (χ4n) is 1.57. The van der Waals surface area contributed by atoms with Gasteiger partial charge < -0.3 is 15.2 Å². The molecule has 0 saturated carbocycles. The zero-order chi connectivity index (χ0) is 15.3. The van der Waals surface area contributed by atoms with Gasteiger partial charge in [-0.15, -0.1) is 0 Å². The van der Waals surface area contributed by atoms with E-state index in [0.29, 0.717) is 23.8 Å². The van der Waals surface area contributed by atoms with Gasteiger partial charge in [0.1, 0.15) is 5.82 Å². The van der Waals surface area contributed by atoms with Crippen LogP contribution in [0.25, 0.3) is 0 Å². The minimum absolute atomic E-state index is 0.153. The van der Waals surface area contributed by atoms with E-state index in [0.717, 1.165) is 6.54 Å². The smallest absolute Gasteiger partial charge is 0.274 e. The van der Waals surface area contributed by atoms with Crippen molar-refractivity contribution < 1.29 is 4.79 Å². The highest BCUT2D eigenvalue weighted by Gasteiger charge is 2.19. The molecular formula is C13H24N6O. The third-order valence-corrected chi connectivity index (χ3v) is 2.91. The fraction of sp³-hybridized carbons (Fsp3) is 0.615. The van der Waals surface area contributed by atoms with Gasteiger partial charge in [-0.1, -0.05) is 13.8 Å². The number of anilines is 1. The summed E-state index contributed by atoms with van der Waals surface area (Å²) in [7, 11) is 5.68. The molecule has 0 unspecified atom stereocenters. The summed E-state index contributed by atoms with van der Waals surface area (Å²) in [6.07, 6.45) is 1.55. The Balaban J connectivity index is 2.97. The minimum atomic E-state index is -0.163. The van der Waals surface area contributed by atoms with Gasteiger partial charge in [0.25, 0.3) is 5.91 Å². The molecule has 0 aliphatic carbocycles. The number of nitrogens with zero attached hydrogens (tertiary/aromatic N) is 4. The molecule has 0 spiro atoms. The number of nitrogens with two attached hydrogens (primary N) is 1. The Morgan fingerprint density at radius 3 is 2.50 bits per heavy atom. The summed E-state index contributed by atoms with van der Waals surface area (Å²) in [6, 6.07) is 0. The van der Waals surface area contributed by atoms with E-state index < -0.39 is 0 Å². The van der Waals surface area contributed by atoms with Crippen LogP contribution in [0.2, 0.25) is 0 Å². The van der Waals surface area contributed by atoms with Crippen molar-refractivity contribution in [2.24, 2.45) is 5.84 Å². The van der Waals surface area contributed by atoms with Crippen molar-refractivity contribution in [2.75, 3.05) is 39.7 Å². The van der Waals surface area contributed by atoms with Crippen LogP contribution < -0.4 is 11.3 Å². The SMILES string of the molecule is CC(C)c1ncc(NN)c(C(=O)N(C)CCN(C)C)n1. The lowest BCUT2D eigenvalue weighted by molar-refractivity contribution is 0.0781. The lowest BCUT2D eigenvalue weighted by Gasteiger charge is -2.20. The molecule has 7 heteroatoms. The largest absolute Gasteiger partial charge is 0.339 e. The molecule has 0 saturated heterocycles. The van der Waals surface area contributed by atoms with E-state index >= 15 is 0 Å². The first-order valence-corrected chi connectivity index (χ1v) is 6.60. The van der Waals surface area contributed by atoms with Gasteiger partial charge in [-0.25, -0.2) is 9.97 Å². The van der Waals surface area contributed by atoms with Crippen LogP contribution in [0.4, 0.5) is 5.69 Å². The number of hydrogen-bond acceptors (Lipinski definition) is 6. The molecule has 1 heterocycles. The molecule has 0 aliphatic rings. The summed E-state index contributed by atoms with van der Waals surface area (Å²) < 4.78 is 0. The normalized spacial score (nSPS) is 11.0. The maximum Gasteiger partial charge on any atom is 0.274 e. The number of carbonyl (C=O) groups excluding carboxylic acids is 1. The minimum Gasteiger partial charge on any atom is -0.339 e. The van der Waals surface area contributed by atoms with Crippen molar-refractivity contribution >= 4 is 11.6 Å². The van der Waals surface area contributed by atoms with Gasteiger partial charge in [-0.2, -0.15) is 0 Å². The first kappa shape index (κ1) is 16.3. The molecule has 1 rings (SSSR count). The number of aromatic nitrogens is 2. The maximum atomic E-state index is 12.4. The number of hydrazine groups is 1. The van der Waals surface area contributed by atoms with Crippen LogP contribution in [-0.2, 0) is 0 Å². The molecule has 0 radical (unpaired) electrons.